The number of ether oxygens (including phenoxy) is 1. The molecule has 2 aliphatic rings. The highest BCUT2D eigenvalue weighted by Gasteiger charge is 2.37. The molecule has 2 saturated heterocycles. The van der Waals surface area contributed by atoms with Crippen molar-refractivity contribution in [2.45, 2.75) is 30.9 Å². The molecule has 142 valence electrons. The van der Waals surface area contributed by atoms with Crippen LogP contribution in [0, 0.1) is 0 Å². The number of halogens is 2. The third-order valence-corrected chi connectivity index (χ3v) is 4.90. The minimum atomic E-state index is -0.160. The second-order valence-corrected chi connectivity index (χ2v) is 6.46. The van der Waals surface area contributed by atoms with Gasteiger partial charge in [-0.2, -0.15) is 0 Å². The summed E-state index contributed by atoms with van der Waals surface area (Å²) in [5.74, 6) is 0.575. The van der Waals surface area contributed by atoms with Gasteiger partial charge in [0, 0.05) is 31.7 Å². The van der Waals surface area contributed by atoms with Gasteiger partial charge in [-0.1, -0.05) is 30.3 Å². The third kappa shape index (κ3) is 3.88. The van der Waals surface area contributed by atoms with Gasteiger partial charge in [0.2, 0.25) is 0 Å². The Balaban J connectivity index is 0.00000121. The molecule has 26 heavy (non-hydrogen) atoms. The van der Waals surface area contributed by atoms with Crippen LogP contribution in [0.25, 0.3) is 0 Å². The number of rotatable bonds is 3. The number of aromatic nitrogens is 1. The normalized spacial score (nSPS) is 24.8. The van der Waals surface area contributed by atoms with Gasteiger partial charge >= 0.3 is 0 Å². The number of hydrogen-bond donors (Lipinski definition) is 1. The molecule has 1 amide bonds. The number of hydrogen-bond acceptors (Lipinski definition) is 5. The summed E-state index contributed by atoms with van der Waals surface area (Å²) in [5.41, 5.74) is 7.82. The highest BCUT2D eigenvalue weighted by molar-refractivity contribution is 5.93. The first-order valence-electron chi connectivity index (χ1n) is 8.39. The Hall–Kier alpha value is -1.60. The van der Waals surface area contributed by atoms with Crippen molar-refractivity contribution in [2.24, 2.45) is 5.73 Å². The predicted octanol–water partition coefficient (Wildman–Crippen LogP) is 2.94. The van der Waals surface area contributed by atoms with Gasteiger partial charge in [0.05, 0.1) is 0 Å². The summed E-state index contributed by atoms with van der Waals surface area (Å²) >= 11 is 0. The summed E-state index contributed by atoms with van der Waals surface area (Å²) in [5, 5.41) is 0. The SMILES string of the molecule is Cl.Cl.N[C@@H]1CN(C(=O)c2ncoc2C2CCCO2)C[C@H]1c1ccccc1. The second kappa shape index (κ2) is 8.86. The zero-order valence-corrected chi connectivity index (χ0v) is 15.9. The molecule has 1 aromatic carbocycles. The zero-order valence-electron chi connectivity index (χ0n) is 14.2. The maximum Gasteiger partial charge on any atom is 0.276 e. The number of oxazole rings is 1. The molecule has 3 atom stereocenters. The van der Waals surface area contributed by atoms with Crippen LogP contribution in [0.5, 0.6) is 0 Å². The van der Waals surface area contributed by atoms with Gasteiger partial charge in [-0.3, -0.25) is 4.79 Å². The lowest BCUT2D eigenvalue weighted by Gasteiger charge is -2.16. The molecule has 2 aromatic rings. The number of nitrogens with two attached hydrogens (primary N) is 1. The van der Waals surface area contributed by atoms with E-state index in [1.165, 1.54) is 12.0 Å². The standard InChI is InChI=1S/C18H21N3O3.2ClH/c19-14-10-21(9-13(14)12-5-2-1-3-6-12)18(22)16-17(24-11-20-16)15-7-4-8-23-15;;/h1-3,5-6,11,13-15H,4,7-10,19H2;2*1H/t13-,14+,15?;;/m0../s1. The highest BCUT2D eigenvalue weighted by Crippen LogP contribution is 2.32. The number of carbonyl (C=O) groups is 1. The Bertz CT molecular complexity index is 719. The maximum atomic E-state index is 12.9. The van der Waals surface area contributed by atoms with Crippen molar-refractivity contribution >= 4 is 30.7 Å². The summed E-state index contributed by atoms with van der Waals surface area (Å²) in [6, 6.07) is 10.0. The predicted molar refractivity (Wildman–Crippen MR) is 102 cm³/mol. The van der Waals surface area contributed by atoms with Crippen molar-refractivity contribution in [1.82, 2.24) is 9.88 Å². The first kappa shape index (κ1) is 20.7. The molecular formula is C18H23Cl2N3O3. The molecular weight excluding hydrogens is 377 g/mol. The van der Waals surface area contributed by atoms with Gasteiger partial charge < -0.3 is 19.8 Å². The zero-order chi connectivity index (χ0) is 16.5. The van der Waals surface area contributed by atoms with Gasteiger partial charge in [0.1, 0.15) is 6.10 Å². The summed E-state index contributed by atoms with van der Waals surface area (Å²) < 4.78 is 11.1. The number of carbonyl (C=O) groups excluding carboxylic acids is 1. The van der Waals surface area contributed by atoms with Gasteiger partial charge in [0.25, 0.3) is 5.91 Å². The molecule has 1 unspecified atom stereocenters. The Morgan fingerprint density at radius 1 is 1.19 bits per heavy atom. The first-order valence-corrected chi connectivity index (χ1v) is 8.39. The van der Waals surface area contributed by atoms with Crippen molar-refractivity contribution in [1.29, 1.82) is 0 Å². The molecule has 4 rings (SSSR count). The molecule has 2 aliphatic heterocycles. The van der Waals surface area contributed by atoms with E-state index in [2.05, 4.69) is 17.1 Å². The average molecular weight is 400 g/mol. The van der Waals surface area contributed by atoms with E-state index >= 15 is 0 Å². The van der Waals surface area contributed by atoms with Gasteiger partial charge in [-0.25, -0.2) is 4.98 Å². The van der Waals surface area contributed by atoms with Crippen LogP contribution in [0.15, 0.2) is 41.1 Å². The average Bonchev–Trinajstić information content (AvgIpc) is 3.34. The topological polar surface area (TPSA) is 81.6 Å². The fraction of sp³-hybridized carbons (Fsp3) is 0.444. The van der Waals surface area contributed by atoms with Crippen molar-refractivity contribution in [3.05, 3.63) is 53.7 Å². The Morgan fingerprint density at radius 2 is 1.96 bits per heavy atom. The summed E-state index contributed by atoms with van der Waals surface area (Å²) in [4.78, 5) is 18.8. The minimum absolute atomic E-state index is 0. The van der Waals surface area contributed by atoms with Crippen molar-refractivity contribution in [2.75, 3.05) is 19.7 Å². The van der Waals surface area contributed by atoms with Gasteiger partial charge in [-0.05, 0) is 18.4 Å². The van der Waals surface area contributed by atoms with Crippen LogP contribution in [0.4, 0.5) is 0 Å². The van der Waals surface area contributed by atoms with E-state index in [-0.39, 0.29) is 48.8 Å². The minimum Gasteiger partial charge on any atom is -0.445 e. The van der Waals surface area contributed by atoms with E-state index in [0.717, 1.165) is 12.8 Å². The molecule has 1 aromatic heterocycles. The lowest BCUT2D eigenvalue weighted by molar-refractivity contribution is 0.0744. The van der Waals surface area contributed by atoms with E-state index in [1.54, 1.807) is 4.90 Å². The molecule has 8 heteroatoms. The Kier molecular flexibility index (Phi) is 7.06. The largest absolute Gasteiger partial charge is 0.445 e. The lowest BCUT2D eigenvalue weighted by atomic mass is 9.95. The summed E-state index contributed by atoms with van der Waals surface area (Å²) in [6.07, 6.45) is 3.01. The van der Waals surface area contributed by atoms with Gasteiger partial charge in [-0.15, -0.1) is 24.8 Å². The molecule has 0 spiro atoms. The van der Waals surface area contributed by atoms with E-state index in [0.29, 0.717) is 31.2 Å². The lowest BCUT2D eigenvalue weighted by Crippen LogP contribution is -2.33. The molecule has 2 N–H and O–H groups in total. The van der Waals surface area contributed by atoms with E-state index in [9.17, 15) is 4.79 Å². The molecule has 6 nitrogen and oxygen atoms in total. The van der Waals surface area contributed by atoms with Crippen molar-refractivity contribution < 1.29 is 13.9 Å². The number of amides is 1. The second-order valence-electron chi connectivity index (χ2n) is 6.46. The monoisotopic (exact) mass is 399 g/mol. The Labute approximate surface area is 164 Å². The van der Waals surface area contributed by atoms with Crippen LogP contribution in [0.3, 0.4) is 0 Å². The van der Waals surface area contributed by atoms with Crippen LogP contribution in [0.1, 0.15) is 46.7 Å². The van der Waals surface area contributed by atoms with E-state index in [4.69, 9.17) is 14.9 Å². The number of benzene rings is 1. The number of likely N-dealkylation sites (tertiary alicyclic amines) is 1. The van der Waals surface area contributed by atoms with E-state index < -0.39 is 0 Å². The summed E-state index contributed by atoms with van der Waals surface area (Å²) in [7, 11) is 0. The fourth-order valence-corrected chi connectivity index (χ4v) is 3.63. The Morgan fingerprint density at radius 3 is 2.65 bits per heavy atom. The van der Waals surface area contributed by atoms with Crippen LogP contribution in [-0.2, 0) is 4.74 Å². The van der Waals surface area contributed by atoms with Crippen LogP contribution in [0.2, 0.25) is 0 Å². The van der Waals surface area contributed by atoms with Gasteiger partial charge in [0.15, 0.2) is 17.8 Å². The quantitative estimate of drug-likeness (QED) is 0.857. The van der Waals surface area contributed by atoms with Crippen LogP contribution >= 0.6 is 24.8 Å². The smallest absolute Gasteiger partial charge is 0.276 e. The molecule has 3 heterocycles. The highest BCUT2D eigenvalue weighted by atomic mass is 35.5. The molecule has 0 bridgehead atoms. The fourth-order valence-electron chi connectivity index (χ4n) is 3.63. The number of nitrogens with zero attached hydrogens (tertiary/aromatic N) is 2. The first-order chi connectivity index (χ1) is 11.7. The van der Waals surface area contributed by atoms with Crippen molar-refractivity contribution in [3.63, 3.8) is 0 Å². The summed E-state index contributed by atoms with van der Waals surface area (Å²) in [6.45, 7) is 1.82. The maximum absolute atomic E-state index is 12.9. The molecule has 2 fully saturated rings. The molecule has 0 aliphatic carbocycles. The molecule has 0 radical (unpaired) electrons. The third-order valence-electron chi connectivity index (χ3n) is 4.90. The van der Waals surface area contributed by atoms with Crippen LogP contribution < -0.4 is 5.73 Å². The van der Waals surface area contributed by atoms with Crippen molar-refractivity contribution in [3.8, 4) is 0 Å². The van der Waals surface area contributed by atoms with Crippen LogP contribution in [-0.4, -0.2) is 41.5 Å². The van der Waals surface area contributed by atoms with E-state index in [1.807, 2.05) is 18.2 Å². The molecule has 0 saturated carbocycles.